The van der Waals surface area contributed by atoms with Gasteiger partial charge in [-0.25, -0.2) is 4.99 Å². The molecule has 0 saturated heterocycles. The van der Waals surface area contributed by atoms with Crippen molar-refractivity contribution in [2.75, 3.05) is 12.3 Å². The van der Waals surface area contributed by atoms with E-state index < -0.39 is 0 Å². The molecule has 2 aromatic carbocycles. The Morgan fingerprint density at radius 2 is 2.06 bits per heavy atom. The fraction of sp³-hybridized carbons (Fsp3) is 0.222. The molecule has 2 aromatic heterocycles. The third kappa shape index (κ3) is 4.05. The number of benzene rings is 2. The number of nitrogens with one attached hydrogen (secondary N) is 2. The van der Waals surface area contributed by atoms with E-state index in [-0.39, 0.29) is 5.92 Å². The van der Waals surface area contributed by atoms with E-state index in [2.05, 4.69) is 69.9 Å². The highest BCUT2D eigenvalue weighted by molar-refractivity contribution is 6.00. The Kier molecular flexibility index (Phi) is 5.75. The zero-order valence-corrected chi connectivity index (χ0v) is 19.0. The third-order valence-electron chi connectivity index (χ3n) is 6.21. The Morgan fingerprint density at radius 1 is 1.18 bits per heavy atom. The van der Waals surface area contributed by atoms with E-state index in [9.17, 15) is 0 Å². The lowest BCUT2D eigenvalue weighted by Crippen LogP contribution is -2.30. The van der Waals surface area contributed by atoms with Gasteiger partial charge in [0.15, 0.2) is 0 Å². The van der Waals surface area contributed by atoms with E-state index in [4.69, 9.17) is 10.7 Å². The molecule has 33 heavy (non-hydrogen) atoms. The molecule has 1 unspecified atom stereocenters. The second-order valence-corrected chi connectivity index (χ2v) is 8.39. The van der Waals surface area contributed by atoms with Gasteiger partial charge in [-0.15, -0.1) is 0 Å². The lowest BCUT2D eigenvalue weighted by Gasteiger charge is -2.15. The number of para-hydroxylation sites is 1. The van der Waals surface area contributed by atoms with Gasteiger partial charge in [-0.2, -0.15) is 5.10 Å². The van der Waals surface area contributed by atoms with Gasteiger partial charge in [0.25, 0.3) is 0 Å². The predicted molar refractivity (Wildman–Crippen MR) is 136 cm³/mol. The van der Waals surface area contributed by atoms with Crippen LogP contribution in [0.1, 0.15) is 43.0 Å². The highest BCUT2D eigenvalue weighted by Crippen LogP contribution is 2.30. The summed E-state index contributed by atoms with van der Waals surface area (Å²) in [6, 6.07) is 14.3. The van der Waals surface area contributed by atoms with Crippen molar-refractivity contribution in [1.29, 1.82) is 0 Å². The number of nitrogens with zero attached hydrogens (tertiary/aromatic N) is 3. The van der Waals surface area contributed by atoms with Crippen molar-refractivity contribution in [1.82, 2.24) is 20.5 Å². The van der Waals surface area contributed by atoms with Crippen molar-refractivity contribution in [3.63, 3.8) is 0 Å². The average Bonchev–Trinajstić information content (AvgIpc) is 3.27. The highest BCUT2D eigenvalue weighted by Gasteiger charge is 2.17. The van der Waals surface area contributed by atoms with Gasteiger partial charge in [-0.05, 0) is 42.5 Å². The first-order valence-electron chi connectivity index (χ1n) is 11.4. The van der Waals surface area contributed by atoms with E-state index in [1.54, 1.807) is 0 Å². The first-order valence-corrected chi connectivity index (χ1v) is 11.4. The SMILES string of the molecule is CCNCc1cccc(N)c1N=C(C)c1n[nH]c2c1=CC(c1cncc3ccccc13)CC=2. The monoisotopic (exact) mass is 436 g/mol. The second-order valence-electron chi connectivity index (χ2n) is 8.39. The Labute approximate surface area is 193 Å². The maximum absolute atomic E-state index is 6.30. The van der Waals surface area contributed by atoms with Crippen molar-refractivity contribution in [2.45, 2.75) is 32.7 Å². The van der Waals surface area contributed by atoms with Crippen molar-refractivity contribution >= 4 is 40.0 Å². The maximum Gasteiger partial charge on any atom is 0.114 e. The number of fused-ring (bicyclic) bond motifs is 2. The minimum Gasteiger partial charge on any atom is -0.397 e. The summed E-state index contributed by atoms with van der Waals surface area (Å²) in [6.45, 7) is 5.70. The van der Waals surface area contributed by atoms with Gasteiger partial charge >= 0.3 is 0 Å². The fourth-order valence-corrected chi connectivity index (χ4v) is 4.50. The van der Waals surface area contributed by atoms with Crippen LogP contribution in [0, 0.1) is 0 Å². The number of nitrogen functional groups attached to an aromatic ring is 1. The third-order valence-corrected chi connectivity index (χ3v) is 6.21. The second kappa shape index (κ2) is 9.00. The van der Waals surface area contributed by atoms with Crippen molar-refractivity contribution in [3.05, 3.63) is 82.2 Å². The Morgan fingerprint density at radius 3 is 2.94 bits per heavy atom. The molecule has 1 aliphatic rings. The number of nitrogens with two attached hydrogens (primary N) is 1. The number of aromatic amines is 1. The number of rotatable bonds is 6. The summed E-state index contributed by atoms with van der Waals surface area (Å²) in [4.78, 5) is 9.42. The van der Waals surface area contributed by atoms with Crippen LogP contribution in [0.4, 0.5) is 11.4 Å². The quantitative estimate of drug-likeness (QED) is 0.318. The number of pyridine rings is 1. The van der Waals surface area contributed by atoms with Crippen molar-refractivity contribution in [2.24, 2.45) is 4.99 Å². The molecule has 0 radical (unpaired) electrons. The van der Waals surface area contributed by atoms with Crippen LogP contribution in [0.5, 0.6) is 0 Å². The number of anilines is 1. The highest BCUT2D eigenvalue weighted by atomic mass is 15.1. The first-order chi connectivity index (χ1) is 16.2. The van der Waals surface area contributed by atoms with Crippen LogP contribution in [0.2, 0.25) is 0 Å². The molecule has 6 heteroatoms. The molecule has 166 valence electrons. The van der Waals surface area contributed by atoms with Crippen LogP contribution in [0.15, 0.2) is 59.9 Å². The lowest BCUT2D eigenvalue weighted by atomic mass is 9.89. The van der Waals surface area contributed by atoms with Crippen LogP contribution in [0.25, 0.3) is 22.9 Å². The molecule has 2 heterocycles. The zero-order valence-electron chi connectivity index (χ0n) is 19.0. The molecule has 4 aromatic rings. The van der Waals surface area contributed by atoms with Crippen LogP contribution in [-0.2, 0) is 6.54 Å². The molecule has 0 fully saturated rings. The van der Waals surface area contributed by atoms with Gasteiger partial charge in [-0.1, -0.05) is 55.5 Å². The van der Waals surface area contributed by atoms with Crippen LogP contribution >= 0.6 is 0 Å². The van der Waals surface area contributed by atoms with E-state index in [1.807, 2.05) is 31.5 Å². The Hall–Kier alpha value is -3.77. The summed E-state index contributed by atoms with van der Waals surface area (Å²) < 4.78 is 0. The zero-order chi connectivity index (χ0) is 22.8. The molecule has 1 atom stereocenters. The molecule has 5 rings (SSSR count). The largest absolute Gasteiger partial charge is 0.397 e. The van der Waals surface area contributed by atoms with Crippen LogP contribution in [0.3, 0.4) is 0 Å². The first kappa shape index (κ1) is 21.1. The average molecular weight is 437 g/mol. The van der Waals surface area contributed by atoms with Crippen LogP contribution in [-0.4, -0.2) is 27.4 Å². The van der Waals surface area contributed by atoms with Crippen molar-refractivity contribution in [3.8, 4) is 0 Å². The van der Waals surface area contributed by atoms with E-state index >= 15 is 0 Å². The number of hydrogen-bond donors (Lipinski definition) is 3. The number of aliphatic imine (C=N–C) groups is 1. The summed E-state index contributed by atoms with van der Waals surface area (Å²) >= 11 is 0. The topological polar surface area (TPSA) is 92.0 Å². The van der Waals surface area contributed by atoms with Gasteiger partial charge in [0.1, 0.15) is 5.69 Å². The fourth-order valence-electron chi connectivity index (χ4n) is 4.50. The van der Waals surface area contributed by atoms with Gasteiger partial charge in [0.05, 0.1) is 22.4 Å². The smallest absolute Gasteiger partial charge is 0.114 e. The normalized spacial score (nSPS) is 15.7. The molecule has 1 aliphatic carbocycles. The summed E-state index contributed by atoms with van der Waals surface area (Å²) in [5.74, 6) is 0.228. The van der Waals surface area contributed by atoms with E-state index in [0.717, 1.165) is 58.1 Å². The summed E-state index contributed by atoms with van der Waals surface area (Å²) in [5, 5.41) is 15.7. The van der Waals surface area contributed by atoms with Gasteiger partial charge in [-0.3, -0.25) is 10.1 Å². The van der Waals surface area contributed by atoms with Crippen LogP contribution < -0.4 is 21.6 Å². The number of hydrogen-bond acceptors (Lipinski definition) is 5. The minimum atomic E-state index is 0.228. The molecule has 0 aliphatic heterocycles. The molecule has 6 nitrogen and oxygen atoms in total. The predicted octanol–water partition coefficient (Wildman–Crippen LogP) is 3.54. The molecule has 0 bridgehead atoms. The molecular formula is C27H28N6. The minimum absolute atomic E-state index is 0.228. The summed E-state index contributed by atoms with van der Waals surface area (Å²) in [5.41, 5.74) is 11.8. The van der Waals surface area contributed by atoms with Gasteiger partial charge in [0.2, 0.25) is 0 Å². The molecule has 0 saturated carbocycles. The molecule has 0 spiro atoms. The summed E-state index contributed by atoms with van der Waals surface area (Å²) in [6.07, 6.45) is 9.33. The van der Waals surface area contributed by atoms with Gasteiger partial charge in [0, 0.05) is 35.5 Å². The van der Waals surface area contributed by atoms with Crippen molar-refractivity contribution < 1.29 is 0 Å². The Balaban J connectivity index is 1.57. The maximum atomic E-state index is 6.30. The standard InChI is InChI=1S/C27H28N6/c1-3-29-15-20-8-6-10-24(28)27(20)31-17(2)26-22-13-18(11-12-25(22)32-33-26)23-16-30-14-19-7-4-5-9-21(19)23/h4-10,12-14,16,18,29,32H,3,11,15,28H2,1-2H3. The number of aromatic nitrogens is 3. The Bertz CT molecular complexity index is 1460. The van der Waals surface area contributed by atoms with E-state index in [0.29, 0.717) is 5.69 Å². The number of H-pyrrole nitrogens is 1. The summed E-state index contributed by atoms with van der Waals surface area (Å²) in [7, 11) is 0. The van der Waals surface area contributed by atoms with E-state index in [1.165, 1.54) is 10.9 Å². The lowest BCUT2D eigenvalue weighted by molar-refractivity contribution is 0.727. The molecular weight excluding hydrogens is 408 g/mol. The van der Waals surface area contributed by atoms with Gasteiger partial charge < -0.3 is 11.1 Å². The molecule has 0 amide bonds. The molecule has 4 N–H and O–H groups in total.